The molecule has 1 atom stereocenters. The molecule has 1 aliphatic heterocycles. The molecule has 3 N–H and O–H groups in total. The fourth-order valence-electron chi connectivity index (χ4n) is 3.95. The number of likely N-dealkylation sites (tertiary alicyclic amines) is 1. The van der Waals surface area contributed by atoms with Gasteiger partial charge >= 0.3 is 5.97 Å². The third kappa shape index (κ3) is 3.82. The van der Waals surface area contributed by atoms with E-state index in [0.29, 0.717) is 30.0 Å². The second-order valence-electron chi connectivity index (χ2n) is 7.22. The molecule has 1 fully saturated rings. The van der Waals surface area contributed by atoms with Crippen LogP contribution in [0.3, 0.4) is 0 Å². The van der Waals surface area contributed by atoms with E-state index in [9.17, 15) is 19.2 Å². The molecule has 10 heteroatoms. The molecule has 9 nitrogen and oxygen atoms in total. The van der Waals surface area contributed by atoms with Gasteiger partial charge in [-0.3, -0.25) is 14.4 Å². The number of thiophene rings is 1. The first-order valence-electron chi connectivity index (χ1n) is 9.71. The summed E-state index contributed by atoms with van der Waals surface area (Å²) >= 11 is 1.33. The Kier molecular flexibility index (Phi) is 5.58. The average molecular weight is 431 g/mol. The molecule has 2 aromatic rings. The number of hydrogen-bond donors (Lipinski definition) is 2. The number of nitrogens with zero attached hydrogens (tertiary/aromatic N) is 1. The minimum absolute atomic E-state index is 0.150. The van der Waals surface area contributed by atoms with Crippen molar-refractivity contribution >= 4 is 40.0 Å². The van der Waals surface area contributed by atoms with Crippen molar-refractivity contribution in [3.05, 3.63) is 40.2 Å². The SMILES string of the molecule is NC(=O)c1c(NC(=O)COC(=O)C2CCCN2C(=O)c2ccco2)sc2c1CCC2. The Morgan fingerprint density at radius 1 is 1.27 bits per heavy atom. The Morgan fingerprint density at radius 2 is 2.10 bits per heavy atom. The number of hydrogen-bond acceptors (Lipinski definition) is 7. The number of fused-ring (bicyclic) bond motifs is 1. The lowest BCUT2D eigenvalue weighted by molar-refractivity contribution is -0.151. The molecule has 3 heterocycles. The average Bonchev–Trinajstić information content (AvgIpc) is 3.49. The summed E-state index contributed by atoms with van der Waals surface area (Å²) in [4.78, 5) is 51.5. The van der Waals surface area contributed by atoms with Gasteiger partial charge in [-0.1, -0.05) is 0 Å². The maximum atomic E-state index is 12.5. The van der Waals surface area contributed by atoms with Gasteiger partial charge in [-0.25, -0.2) is 4.79 Å². The summed E-state index contributed by atoms with van der Waals surface area (Å²) in [7, 11) is 0. The highest BCUT2D eigenvalue weighted by molar-refractivity contribution is 7.17. The molecule has 0 aromatic carbocycles. The first-order valence-corrected chi connectivity index (χ1v) is 10.5. The Balaban J connectivity index is 1.36. The molecule has 4 rings (SSSR count). The van der Waals surface area contributed by atoms with E-state index in [1.807, 2.05) is 0 Å². The van der Waals surface area contributed by atoms with Gasteiger partial charge in [0.1, 0.15) is 11.0 Å². The number of furan rings is 1. The molecule has 1 saturated heterocycles. The first-order chi connectivity index (χ1) is 14.5. The molecule has 158 valence electrons. The summed E-state index contributed by atoms with van der Waals surface area (Å²) in [5, 5.41) is 3.02. The molecule has 30 heavy (non-hydrogen) atoms. The van der Waals surface area contributed by atoms with Crippen LogP contribution in [-0.2, 0) is 27.2 Å². The second kappa shape index (κ2) is 8.31. The highest BCUT2D eigenvalue weighted by atomic mass is 32.1. The number of ether oxygens (including phenoxy) is 1. The lowest BCUT2D eigenvalue weighted by Crippen LogP contribution is -2.42. The van der Waals surface area contributed by atoms with Crippen molar-refractivity contribution in [2.24, 2.45) is 5.73 Å². The number of primary amides is 1. The molecule has 0 radical (unpaired) electrons. The quantitative estimate of drug-likeness (QED) is 0.670. The number of aryl methyl sites for hydroxylation is 1. The Hall–Kier alpha value is -3.14. The number of esters is 1. The maximum absolute atomic E-state index is 12.5. The lowest BCUT2D eigenvalue weighted by atomic mass is 10.1. The standard InChI is InChI=1S/C20H21N3O6S/c21-17(25)16-11-4-1-7-14(11)30-18(16)22-15(24)10-29-20(27)12-5-2-8-23(12)19(26)13-6-3-9-28-13/h3,6,9,12H,1-2,4-5,7-8,10H2,(H2,21,25)(H,22,24). The van der Waals surface area contributed by atoms with E-state index in [2.05, 4.69) is 5.32 Å². The zero-order valence-electron chi connectivity index (χ0n) is 16.1. The number of carbonyl (C=O) groups excluding carboxylic acids is 4. The van der Waals surface area contributed by atoms with E-state index in [0.717, 1.165) is 29.7 Å². The van der Waals surface area contributed by atoms with E-state index in [4.69, 9.17) is 14.9 Å². The van der Waals surface area contributed by atoms with Crippen molar-refractivity contribution in [1.82, 2.24) is 4.90 Å². The highest BCUT2D eigenvalue weighted by Gasteiger charge is 2.37. The fourth-order valence-corrected chi connectivity index (χ4v) is 5.26. The van der Waals surface area contributed by atoms with Crippen molar-refractivity contribution in [3.63, 3.8) is 0 Å². The van der Waals surface area contributed by atoms with Gasteiger partial charge in [-0.05, 0) is 49.8 Å². The maximum Gasteiger partial charge on any atom is 0.329 e. The Morgan fingerprint density at radius 3 is 2.83 bits per heavy atom. The zero-order chi connectivity index (χ0) is 21.3. The number of carbonyl (C=O) groups is 4. The summed E-state index contributed by atoms with van der Waals surface area (Å²) in [5.41, 5.74) is 6.73. The minimum Gasteiger partial charge on any atom is -0.459 e. The van der Waals surface area contributed by atoms with Gasteiger partial charge < -0.3 is 25.1 Å². The van der Waals surface area contributed by atoms with Crippen LogP contribution in [0.15, 0.2) is 22.8 Å². The monoisotopic (exact) mass is 431 g/mol. The number of rotatable bonds is 6. The fraction of sp³-hybridized carbons (Fsp3) is 0.400. The van der Waals surface area contributed by atoms with E-state index in [1.54, 1.807) is 6.07 Å². The van der Waals surface area contributed by atoms with E-state index in [-0.39, 0.29) is 11.7 Å². The van der Waals surface area contributed by atoms with Crippen molar-refractivity contribution in [1.29, 1.82) is 0 Å². The number of anilines is 1. The molecule has 0 bridgehead atoms. The normalized spacial score (nSPS) is 17.6. The van der Waals surface area contributed by atoms with Crippen LogP contribution in [0.4, 0.5) is 5.00 Å². The van der Waals surface area contributed by atoms with Crippen LogP contribution in [0.25, 0.3) is 0 Å². The number of amides is 3. The van der Waals surface area contributed by atoms with E-state index < -0.39 is 30.4 Å². The molecule has 0 saturated carbocycles. The molecule has 0 spiro atoms. The lowest BCUT2D eigenvalue weighted by Gasteiger charge is -2.22. The molecular formula is C20H21N3O6S. The highest BCUT2D eigenvalue weighted by Crippen LogP contribution is 2.38. The van der Waals surface area contributed by atoms with Crippen LogP contribution >= 0.6 is 11.3 Å². The van der Waals surface area contributed by atoms with Gasteiger partial charge in [0.2, 0.25) is 0 Å². The Bertz CT molecular complexity index is 997. The minimum atomic E-state index is -0.762. The molecule has 2 aromatic heterocycles. The predicted molar refractivity (Wildman–Crippen MR) is 107 cm³/mol. The third-order valence-electron chi connectivity index (χ3n) is 5.28. The van der Waals surface area contributed by atoms with Gasteiger partial charge in [0.05, 0.1) is 11.8 Å². The summed E-state index contributed by atoms with van der Waals surface area (Å²) in [6, 6.07) is 2.37. The molecule has 2 aliphatic rings. The molecule has 3 amide bonds. The second-order valence-corrected chi connectivity index (χ2v) is 8.32. The predicted octanol–water partition coefficient (Wildman–Crippen LogP) is 1.72. The summed E-state index contributed by atoms with van der Waals surface area (Å²) in [5.74, 6) is -2.03. The third-order valence-corrected chi connectivity index (χ3v) is 6.49. The summed E-state index contributed by atoms with van der Waals surface area (Å²) < 4.78 is 10.3. The first kappa shape index (κ1) is 20.1. The largest absolute Gasteiger partial charge is 0.459 e. The van der Waals surface area contributed by atoms with E-state index in [1.165, 1.54) is 28.6 Å². The van der Waals surface area contributed by atoms with Crippen LogP contribution in [0.5, 0.6) is 0 Å². The zero-order valence-corrected chi connectivity index (χ0v) is 17.0. The van der Waals surface area contributed by atoms with Gasteiger partial charge in [-0.15, -0.1) is 11.3 Å². The summed E-state index contributed by atoms with van der Waals surface area (Å²) in [6.45, 7) is -0.104. The van der Waals surface area contributed by atoms with Crippen molar-refractivity contribution in [2.75, 3.05) is 18.5 Å². The molecule has 1 unspecified atom stereocenters. The molecular weight excluding hydrogens is 410 g/mol. The number of nitrogens with one attached hydrogen (secondary N) is 1. The molecule has 1 aliphatic carbocycles. The van der Waals surface area contributed by atoms with Gasteiger partial charge in [0.25, 0.3) is 17.7 Å². The van der Waals surface area contributed by atoms with Crippen molar-refractivity contribution in [2.45, 2.75) is 38.1 Å². The summed E-state index contributed by atoms with van der Waals surface area (Å²) in [6.07, 6.45) is 5.07. The van der Waals surface area contributed by atoms with Crippen molar-refractivity contribution < 1.29 is 28.3 Å². The Labute approximate surface area is 176 Å². The van der Waals surface area contributed by atoms with E-state index >= 15 is 0 Å². The smallest absolute Gasteiger partial charge is 0.329 e. The van der Waals surface area contributed by atoms with Crippen LogP contribution < -0.4 is 11.1 Å². The van der Waals surface area contributed by atoms with Crippen molar-refractivity contribution in [3.8, 4) is 0 Å². The van der Waals surface area contributed by atoms with Gasteiger partial charge in [0, 0.05) is 11.4 Å². The number of nitrogens with two attached hydrogens (primary N) is 1. The van der Waals surface area contributed by atoms with Crippen LogP contribution in [0, 0.1) is 0 Å². The van der Waals surface area contributed by atoms with Crippen LogP contribution in [0.2, 0.25) is 0 Å². The van der Waals surface area contributed by atoms with Crippen LogP contribution in [-0.4, -0.2) is 47.8 Å². The topological polar surface area (TPSA) is 132 Å². The van der Waals surface area contributed by atoms with Gasteiger partial charge in [0.15, 0.2) is 12.4 Å². The van der Waals surface area contributed by atoms with Crippen LogP contribution in [0.1, 0.15) is 50.6 Å². The van der Waals surface area contributed by atoms with Gasteiger partial charge in [-0.2, -0.15) is 0 Å².